The van der Waals surface area contributed by atoms with Crippen LogP contribution in [0.1, 0.15) is 55.7 Å². The third kappa shape index (κ3) is 3.33. The highest BCUT2D eigenvalue weighted by Crippen LogP contribution is 2.44. The van der Waals surface area contributed by atoms with E-state index in [2.05, 4.69) is 37.1 Å². The van der Waals surface area contributed by atoms with Gasteiger partial charge < -0.3 is 5.32 Å². The lowest BCUT2D eigenvalue weighted by Crippen LogP contribution is -2.21. The molecule has 0 saturated heterocycles. The average Bonchev–Trinajstić information content (AvgIpc) is 3.25. The Bertz CT molecular complexity index is 614. The van der Waals surface area contributed by atoms with Crippen LogP contribution < -0.4 is 5.32 Å². The molecule has 0 aromatic carbocycles. The van der Waals surface area contributed by atoms with Crippen LogP contribution in [0, 0.1) is 0 Å². The van der Waals surface area contributed by atoms with Crippen molar-refractivity contribution in [2.45, 2.75) is 58.5 Å². The third-order valence-corrected chi connectivity index (χ3v) is 4.98. The number of hydrogen-bond acceptors (Lipinski definition) is 4. The first kappa shape index (κ1) is 14.7. The van der Waals surface area contributed by atoms with E-state index >= 15 is 0 Å². The molecule has 0 atom stereocenters. The van der Waals surface area contributed by atoms with Crippen LogP contribution in [0.3, 0.4) is 0 Å². The van der Waals surface area contributed by atoms with Crippen molar-refractivity contribution >= 4 is 11.3 Å². The molecule has 1 aliphatic rings. The van der Waals surface area contributed by atoms with Gasteiger partial charge in [0.1, 0.15) is 5.01 Å². The third-order valence-electron chi connectivity index (χ3n) is 3.88. The lowest BCUT2D eigenvalue weighted by atomic mass is 10.1. The van der Waals surface area contributed by atoms with Crippen molar-refractivity contribution < 1.29 is 0 Å². The highest BCUT2D eigenvalue weighted by molar-refractivity contribution is 7.15. The Morgan fingerprint density at radius 3 is 2.86 bits per heavy atom. The molecule has 3 rings (SSSR count). The second-order valence-corrected chi connectivity index (χ2v) is 7.11. The summed E-state index contributed by atoms with van der Waals surface area (Å²) in [5.41, 5.74) is 3.88. The fourth-order valence-electron chi connectivity index (χ4n) is 2.50. The smallest absolute Gasteiger partial charge is 0.124 e. The summed E-state index contributed by atoms with van der Waals surface area (Å²) in [6.45, 7) is 7.50. The van der Waals surface area contributed by atoms with Crippen LogP contribution >= 0.6 is 11.3 Å². The summed E-state index contributed by atoms with van der Waals surface area (Å²) in [5.74, 6) is 0.700. The van der Waals surface area contributed by atoms with Gasteiger partial charge in [0.05, 0.1) is 5.69 Å². The zero-order valence-corrected chi connectivity index (χ0v) is 13.8. The Kier molecular flexibility index (Phi) is 4.36. The second kappa shape index (κ2) is 6.24. The lowest BCUT2D eigenvalue weighted by molar-refractivity contribution is 0.590. The molecule has 2 aromatic heterocycles. The molecule has 1 aliphatic carbocycles. The van der Waals surface area contributed by atoms with E-state index in [9.17, 15) is 0 Å². The summed E-state index contributed by atoms with van der Waals surface area (Å²) < 4.78 is 0. The minimum absolute atomic E-state index is 0.509. The molecule has 0 bridgehead atoms. The van der Waals surface area contributed by atoms with E-state index in [1.54, 1.807) is 0 Å². The fourth-order valence-corrected chi connectivity index (χ4v) is 3.65. The van der Waals surface area contributed by atoms with Crippen LogP contribution in [0.4, 0.5) is 0 Å². The summed E-state index contributed by atoms with van der Waals surface area (Å²) in [6.07, 6.45) is 7.45. The first-order valence-corrected chi connectivity index (χ1v) is 8.67. The van der Waals surface area contributed by atoms with Crippen molar-refractivity contribution in [1.29, 1.82) is 0 Å². The molecule has 2 aromatic rings. The Balaban J connectivity index is 1.94. The summed E-state index contributed by atoms with van der Waals surface area (Å²) in [4.78, 5) is 10.6. The second-order valence-electron chi connectivity index (χ2n) is 6.02. The summed E-state index contributed by atoms with van der Waals surface area (Å²) in [5, 5.41) is 4.70. The van der Waals surface area contributed by atoms with Crippen LogP contribution in [0.2, 0.25) is 0 Å². The zero-order valence-electron chi connectivity index (χ0n) is 13.0. The Labute approximate surface area is 130 Å². The van der Waals surface area contributed by atoms with Crippen molar-refractivity contribution in [3.63, 3.8) is 0 Å². The number of pyridine rings is 1. The molecule has 3 nitrogen and oxygen atoms in total. The molecule has 0 aliphatic heterocycles. The number of nitrogens with one attached hydrogen (secondary N) is 1. The number of aryl methyl sites for hydroxylation is 1. The topological polar surface area (TPSA) is 37.8 Å². The molecule has 0 spiro atoms. The van der Waals surface area contributed by atoms with E-state index in [0.717, 1.165) is 18.0 Å². The summed E-state index contributed by atoms with van der Waals surface area (Å²) in [6, 6.07) is 2.61. The average molecular weight is 301 g/mol. The molecule has 2 heterocycles. The number of thiazole rings is 1. The van der Waals surface area contributed by atoms with E-state index in [-0.39, 0.29) is 0 Å². The first-order valence-electron chi connectivity index (χ1n) is 7.85. The molecule has 1 saturated carbocycles. The van der Waals surface area contributed by atoms with E-state index in [0.29, 0.717) is 12.0 Å². The molecule has 112 valence electrons. The largest absolute Gasteiger partial charge is 0.310 e. The SMILES string of the molecule is CCc1cnccc1-c1nc(C2CC2)c(CNC(C)C)s1. The van der Waals surface area contributed by atoms with Crippen molar-refractivity contribution in [3.8, 4) is 10.6 Å². The quantitative estimate of drug-likeness (QED) is 0.871. The van der Waals surface area contributed by atoms with Crippen LogP contribution in [0.25, 0.3) is 10.6 Å². The van der Waals surface area contributed by atoms with Gasteiger partial charge in [-0.2, -0.15) is 0 Å². The summed E-state index contributed by atoms with van der Waals surface area (Å²) in [7, 11) is 0. The molecule has 21 heavy (non-hydrogen) atoms. The Morgan fingerprint density at radius 2 is 2.19 bits per heavy atom. The number of nitrogens with zero attached hydrogens (tertiary/aromatic N) is 2. The molecule has 0 unspecified atom stereocenters. The van der Waals surface area contributed by atoms with Gasteiger partial charge in [-0.15, -0.1) is 11.3 Å². The predicted octanol–water partition coefficient (Wildman–Crippen LogP) is 4.14. The van der Waals surface area contributed by atoms with Gasteiger partial charge in [0, 0.05) is 41.3 Å². The minimum Gasteiger partial charge on any atom is -0.310 e. The maximum atomic E-state index is 4.98. The van der Waals surface area contributed by atoms with Crippen molar-refractivity contribution in [2.24, 2.45) is 0 Å². The van der Waals surface area contributed by atoms with Crippen molar-refractivity contribution in [2.75, 3.05) is 0 Å². The van der Waals surface area contributed by atoms with E-state index in [4.69, 9.17) is 4.98 Å². The van der Waals surface area contributed by atoms with Crippen LogP contribution in [0.5, 0.6) is 0 Å². The fraction of sp³-hybridized carbons (Fsp3) is 0.529. The number of hydrogen-bond donors (Lipinski definition) is 1. The standard InChI is InChI=1S/C17H23N3S/c1-4-12-9-18-8-7-14(12)17-20-16(13-5-6-13)15(21-17)10-19-11(2)3/h7-9,11,13,19H,4-6,10H2,1-3H3. The number of aromatic nitrogens is 2. The van der Waals surface area contributed by atoms with E-state index in [1.807, 2.05) is 23.7 Å². The molecular weight excluding hydrogens is 278 g/mol. The highest BCUT2D eigenvalue weighted by atomic mass is 32.1. The van der Waals surface area contributed by atoms with Gasteiger partial charge in [0.2, 0.25) is 0 Å². The van der Waals surface area contributed by atoms with Crippen LogP contribution in [-0.2, 0) is 13.0 Å². The molecule has 4 heteroatoms. The molecule has 1 N–H and O–H groups in total. The van der Waals surface area contributed by atoms with Gasteiger partial charge in [-0.1, -0.05) is 20.8 Å². The first-order chi connectivity index (χ1) is 10.2. The highest BCUT2D eigenvalue weighted by Gasteiger charge is 2.30. The normalized spacial score (nSPS) is 14.9. The van der Waals surface area contributed by atoms with Crippen molar-refractivity contribution in [3.05, 3.63) is 34.6 Å². The zero-order chi connectivity index (χ0) is 14.8. The van der Waals surface area contributed by atoms with Crippen molar-refractivity contribution in [1.82, 2.24) is 15.3 Å². The Morgan fingerprint density at radius 1 is 1.38 bits per heavy atom. The van der Waals surface area contributed by atoms with Gasteiger partial charge in [0.25, 0.3) is 0 Å². The van der Waals surface area contributed by atoms with Gasteiger partial charge in [0.15, 0.2) is 0 Å². The molecule has 0 radical (unpaired) electrons. The van der Waals surface area contributed by atoms with Crippen LogP contribution in [-0.4, -0.2) is 16.0 Å². The van der Waals surface area contributed by atoms with Gasteiger partial charge >= 0.3 is 0 Å². The monoisotopic (exact) mass is 301 g/mol. The maximum Gasteiger partial charge on any atom is 0.124 e. The van der Waals surface area contributed by atoms with Crippen LogP contribution in [0.15, 0.2) is 18.5 Å². The lowest BCUT2D eigenvalue weighted by Gasteiger charge is -2.07. The van der Waals surface area contributed by atoms with E-state index in [1.165, 1.54) is 34.5 Å². The molecular formula is C17H23N3S. The maximum absolute atomic E-state index is 4.98. The van der Waals surface area contributed by atoms with Gasteiger partial charge in [-0.25, -0.2) is 4.98 Å². The number of rotatable bonds is 6. The van der Waals surface area contributed by atoms with Gasteiger partial charge in [-0.05, 0) is 30.9 Å². The summed E-state index contributed by atoms with van der Waals surface area (Å²) >= 11 is 1.85. The van der Waals surface area contributed by atoms with E-state index < -0.39 is 0 Å². The Hall–Kier alpha value is -1.26. The van der Waals surface area contributed by atoms with Gasteiger partial charge in [-0.3, -0.25) is 4.98 Å². The minimum atomic E-state index is 0.509. The molecule has 1 fully saturated rings. The predicted molar refractivity (Wildman–Crippen MR) is 88.7 cm³/mol. The molecule has 0 amide bonds.